The van der Waals surface area contributed by atoms with E-state index in [0.717, 1.165) is 6.42 Å². The lowest BCUT2D eigenvalue weighted by molar-refractivity contribution is 0.149. The van der Waals surface area contributed by atoms with Crippen LogP contribution in [0.1, 0.15) is 6.42 Å². The Kier molecular flexibility index (Phi) is 3.25. The van der Waals surface area contributed by atoms with Crippen molar-refractivity contribution >= 4 is 0 Å². The van der Waals surface area contributed by atoms with Crippen molar-refractivity contribution in [2.75, 3.05) is 0 Å². The second-order valence-corrected chi connectivity index (χ2v) is 5.49. The predicted molar refractivity (Wildman–Crippen MR) is 82.6 cm³/mol. The number of rotatable bonds is 5. The highest BCUT2D eigenvalue weighted by Crippen LogP contribution is 2.52. The Morgan fingerprint density at radius 2 is 1.00 bits per heavy atom. The second kappa shape index (κ2) is 5.05. The molecule has 0 bridgehead atoms. The van der Waals surface area contributed by atoms with Gasteiger partial charge < -0.3 is 0 Å². The van der Waals surface area contributed by atoms with Crippen molar-refractivity contribution in [1.29, 1.82) is 0 Å². The van der Waals surface area contributed by atoms with E-state index >= 15 is 0 Å². The summed E-state index contributed by atoms with van der Waals surface area (Å²) in [5.74, 6) is 1.42. The summed E-state index contributed by atoms with van der Waals surface area (Å²) in [6.45, 7) is 4.02. The average molecular weight is 248 g/mol. The van der Waals surface area contributed by atoms with Gasteiger partial charge >= 0.3 is 0 Å². The van der Waals surface area contributed by atoms with Gasteiger partial charge in [-0.25, -0.2) is 0 Å². The van der Waals surface area contributed by atoms with Gasteiger partial charge in [-0.05, 0) is 6.42 Å². The fraction of sp³-hybridized carbons (Fsp3) is 0.263. The van der Waals surface area contributed by atoms with E-state index in [4.69, 9.17) is 0 Å². The first-order valence-corrected chi connectivity index (χ1v) is 7.04. The summed E-state index contributed by atoms with van der Waals surface area (Å²) in [6, 6.07) is 0. The zero-order valence-corrected chi connectivity index (χ0v) is 11.2. The van der Waals surface area contributed by atoms with Crippen molar-refractivity contribution in [1.82, 2.24) is 0 Å². The van der Waals surface area contributed by atoms with Gasteiger partial charge in [0.05, 0.1) is 0 Å². The van der Waals surface area contributed by atoms with E-state index in [1.807, 2.05) is 0 Å². The molecule has 0 unspecified atom stereocenters. The second-order valence-electron chi connectivity index (χ2n) is 5.49. The molecule has 19 heavy (non-hydrogen) atoms. The lowest BCUT2D eigenvalue weighted by Crippen LogP contribution is -2.39. The molecule has 0 aromatic rings. The van der Waals surface area contributed by atoms with E-state index in [-0.39, 0.29) is 5.41 Å². The van der Waals surface area contributed by atoms with Crippen LogP contribution in [-0.2, 0) is 0 Å². The molecular weight excluding hydrogens is 228 g/mol. The van der Waals surface area contributed by atoms with E-state index in [1.54, 1.807) is 0 Å². The molecule has 0 atom stereocenters. The van der Waals surface area contributed by atoms with Crippen LogP contribution in [0.4, 0.5) is 0 Å². The predicted octanol–water partition coefficient (Wildman–Crippen LogP) is 4.78. The third-order valence-corrected chi connectivity index (χ3v) is 4.60. The first kappa shape index (κ1) is 12.2. The van der Waals surface area contributed by atoms with Crippen LogP contribution in [0, 0.1) is 23.2 Å². The molecule has 0 radical (unpaired) electrons. The molecule has 0 spiro atoms. The maximum absolute atomic E-state index is 4.02. The van der Waals surface area contributed by atoms with Gasteiger partial charge in [-0.1, -0.05) is 79.0 Å². The molecule has 0 nitrogen and oxygen atoms in total. The number of hydrogen-bond acceptors (Lipinski definition) is 0. The molecule has 0 aliphatic heterocycles. The molecule has 0 amide bonds. The average Bonchev–Trinajstić information content (AvgIpc) is 3.18. The fourth-order valence-electron chi connectivity index (χ4n) is 3.70. The van der Waals surface area contributed by atoms with Gasteiger partial charge in [0.1, 0.15) is 0 Å². The minimum atomic E-state index is 0.151. The maximum Gasteiger partial charge on any atom is 0.00299 e. The van der Waals surface area contributed by atoms with Crippen LogP contribution < -0.4 is 0 Å². The molecule has 3 rings (SSSR count). The summed E-state index contributed by atoms with van der Waals surface area (Å²) in [4.78, 5) is 0. The third kappa shape index (κ3) is 1.92. The van der Waals surface area contributed by atoms with Crippen molar-refractivity contribution in [3.63, 3.8) is 0 Å². The summed E-state index contributed by atoms with van der Waals surface area (Å²) in [6.07, 6.45) is 30.2. The van der Waals surface area contributed by atoms with Gasteiger partial charge in [0.25, 0.3) is 0 Å². The molecule has 0 N–H and O–H groups in total. The van der Waals surface area contributed by atoms with Gasteiger partial charge in [0.2, 0.25) is 0 Å². The normalized spacial score (nSPS) is 22.3. The van der Waals surface area contributed by atoms with Crippen molar-refractivity contribution in [3.05, 3.63) is 85.6 Å². The van der Waals surface area contributed by atoms with E-state index in [0.29, 0.717) is 17.8 Å². The quantitative estimate of drug-likeness (QED) is 0.614. The van der Waals surface area contributed by atoms with Crippen LogP contribution >= 0.6 is 0 Å². The minimum absolute atomic E-state index is 0.151. The molecule has 96 valence electrons. The van der Waals surface area contributed by atoms with Gasteiger partial charge in [0.15, 0.2) is 0 Å². The molecule has 0 fully saturated rings. The van der Waals surface area contributed by atoms with Crippen LogP contribution in [0.25, 0.3) is 0 Å². The highest BCUT2D eigenvalue weighted by Gasteiger charge is 2.46. The van der Waals surface area contributed by atoms with Crippen molar-refractivity contribution in [2.45, 2.75) is 6.42 Å². The van der Waals surface area contributed by atoms with Crippen LogP contribution in [0.15, 0.2) is 85.6 Å². The Balaban J connectivity index is 2.07. The summed E-state index contributed by atoms with van der Waals surface area (Å²) in [5, 5.41) is 0. The summed E-state index contributed by atoms with van der Waals surface area (Å²) >= 11 is 0. The molecule has 0 aromatic heterocycles. The Labute approximate surface area is 115 Å². The Bertz CT molecular complexity index is 417. The first-order chi connectivity index (χ1) is 9.38. The lowest BCUT2D eigenvalue weighted by Gasteiger charge is -2.44. The van der Waals surface area contributed by atoms with Gasteiger partial charge in [-0.15, -0.1) is 6.58 Å². The Morgan fingerprint density at radius 3 is 1.26 bits per heavy atom. The lowest BCUT2D eigenvalue weighted by atomic mass is 9.58. The summed E-state index contributed by atoms with van der Waals surface area (Å²) in [7, 11) is 0. The maximum atomic E-state index is 4.02. The SMILES string of the molecule is C=CCC(C1C=CC=C1)(C1C=CC=C1)C1C=CC=C1. The van der Waals surface area contributed by atoms with Crippen LogP contribution in [0.5, 0.6) is 0 Å². The molecule has 0 aromatic carbocycles. The molecule has 0 saturated carbocycles. The molecule has 3 aliphatic carbocycles. The van der Waals surface area contributed by atoms with Crippen LogP contribution in [0.2, 0.25) is 0 Å². The standard InChI is InChI=1S/C19H20/c1-2-15-19(16-9-3-4-10-16,17-11-5-6-12-17)18-13-7-8-14-18/h2-14,16-18H,1,15H2. The fourth-order valence-corrected chi connectivity index (χ4v) is 3.70. The van der Waals surface area contributed by atoms with Crippen molar-refractivity contribution in [2.24, 2.45) is 23.2 Å². The third-order valence-electron chi connectivity index (χ3n) is 4.60. The van der Waals surface area contributed by atoms with Crippen molar-refractivity contribution in [3.8, 4) is 0 Å². The minimum Gasteiger partial charge on any atom is -0.103 e. The number of allylic oxidation sites excluding steroid dienone is 13. The zero-order chi connectivity index (χ0) is 13.1. The highest BCUT2D eigenvalue weighted by molar-refractivity contribution is 5.34. The summed E-state index contributed by atoms with van der Waals surface area (Å²) in [5.41, 5.74) is 0.151. The van der Waals surface area contributed by atoms with E-state index in [1.165, 1.54) is 0 Å². The zero-order valence-electron chi connectivity index (χ0n) is 11.2. The van der Waals surface area contributed by atoms with Gasteiger partial charge in [0, 0.05) is 23.2 Å². The molecule has 0 heteroatoms. The molecule has 0 heterocycles. The number of hydrogen-bond donors (Lipinski definition) is 0. The molecule has 0 saturated heterocycles. The highest BCUT2D eigenvalue weighted by atomic mass is 14.5. The molecular formula is C19H20. The topological polar surface area (TPSA) is 0 Å². The Hall–Kier alpha value is -1.82. The monoisotopic (exact) mass is 248 g/mol. The van der Waals surface area contributed by atoms with E-state index in [2.05, 4.69) is 85.6 Å². The molecule has 3 aliphatic rings. The van der Waals surface area contributed by atoms with E-state index < -0.39 is 0 Å². The van der Waals surface area contributed by atoms with Gasteiger partial charge in [-0.3, -0.25) is 0 Å². The van der Waals surface area contributed by atoms with E-state index in [9.17, 15) is 0 Å². The summed E-state index contributed by atoms with van der Waals surface area (Å²) < 4.78 is 0. The van der Waals surface area contributed by atoms with Crippen molar-refractivity contribution < 1.29 is 0 Å². The van der Waals surface area contributed by atoms with Gasteiger partial charge in [-0.2, -0.15) is 0 Å². The largest absolute Gasteiger partial charge is 0.103 e. The smallest absolute Gasteiger partial charge is 0.00299 e. The Morgan fingerprint density at radius 1 is 0.684 bits per heavy atom. The van der Waals surface area contributed by atoms with Crippen LogP contribution in [0.3, 0.4) is 0 Å². The first-order valence-electron chi connectivity index (χ1n) is 7.04. The van der Waals surface area contributed by atoms with Crippen LogP contribution in [-0.4, -0.2) is 0 Å².